The lowest BCUT2D eigenvalue weighted by Gasteiger charge is -2.14. The summed E-state index contributed by atoms with van der Waals surface area (Å²) in [6.07, 6.45) is 3.03. The Labute approximate surface area is 101 Å². The Bertz CT molecular complexity index is 402. The number of rotatable bonds is 2. The summed E-state index contributed by atoms with van der Waals surface area (Å²) in [5.74, 6) is 0.632. The van der Waals surface area contributed by atoms with Crippen LogP contribution in [0.15, 0.2) is 9.30 Å². The number of aromatic nitrogens is 1. The van der Waals surface area contributed by atoms with E-state index < -0.39 is 0 Å². The van der Waals surface area contributed by atoms with Gasteiger partial charge in [-0.15, -0.1) is 11.3 Å². The molecule has 1 aromatic heterocycles. The van der Waals surface area contributed by atoms with Crippen molar-refractivity contribution in [2.75, 3.05) is 6.54 Å². The normalized spacial score (nSPS) is 26.3. The summed E-state index contributed by atoms with van der Waals surface area (Å²) < 4.78 is 0.912. The molecule has 0 unspecified atom stereocenters. The highest BCUT2D eigenvalue weighted by Crippen LogP contribution is 2.37. The van der Waals surface area contributed by atoms with Crippen LogP contribution in [0, 0.1) is 0 Å². The first-order chi connectivity index (χ1) is 7.24. The molecule has 2 aliphatic rings. The van der Waals surface area contributed by atoms with Crippen molar-refractivity contribution in [1.29, 1.82) is 0 Å². The lowest BCUT2D eigenvalue weighted by atomic mass is 10.1. The van der Waals surface area contributed by atoms with E-state index in [-0.39, 0.29) is 0 Å². The fourth-order valence-corrected chi connectivity index (χ4v) is 3.23. The number of amides is 1. The Morgan fingerprint density at radius 2 is 2.33 bits per heavy atom. The Morgan fingerprint density at radius 1 is 1.53 bits per heavy atom. The van der Waals surface area contributed by atoms with Gasteiger partial charge in [-0.2, -0.15) is 0 Å². The van der Waals surface area contributed by atoms with E-state index in [1.807, 2.05) is 4.90 Å². The van der Waals surface area contributed by atoms with Crippen LogP contribution in [0.3, 0.4) is 0 Å². The van der Waals surface area contributed by atoms with Crippen LogP contribution in [0.1, 0.15) is 30.9 Å². The van der Waals surface area contributed by atoms with Crippen LogP contribution in [0.4, 0.5) is 0 Å². The largest absolute Gasteiger partial charge is 0.339 e. The van der Waals surface area contributed by atoms with E-state index in [2.05, 4.69) is 26.3 Å². The van der Waals surface area contributed by atoms with Gasteiger partial charge in [-0.1, -0.05) is 0 Å². The number of carbonyl (C=O) groups excluding carboxylic acids is 1. The Balaban J connectivity index is 1.76. The van der Waals surface area contributed by atoms with Crippen LogP contribution >= 0.6 is 27.3 Å². The van der Waals surface area contributed by atoms with E-state index in [4.69, 9.17) is 0 Å². The summed E-state index contributed by atoms with van der Waals surface area (Å²) in [6.45, 7) is 0.875. The Morgan fingerprint density at radius 3 is 2.93 bits per heavy atom. The lowest BCUT2D eigenvalue weighted by molar-refractivity contribution is -0.128. The molecule has 2 heterocycles. The van der Waals surface area contributed by atoms with Gasteiger partial charge in [0.15, 0.2) is 3.92 Å². The first-order valence-electron chi connectivity index (χ1n) is 5.14. The summed E-state index contributed by atoms with van der Waals surface area (Å²) >= 11 is 4.95. The van der Waals surface area contributed by atoms with E-state index >= 15 is 0 Å². The quantitative estimate of drug-likeness (QED) is 0.836. The summed E-state index contributed by atoms with van der Waals surface area (Å²) in [7, 11) is 0. The molecule has 5 heteroatoms. The molecule has 3 rings (SSSR count). The van der Waals surface area contributed by atoms with Crippen LogP contribution in [-0.4, -0.2) is 28.4 Å². The van der Waals surface area contributed by atoms with Crippen molar-refractivity contribution in [3.63, 3.8) is 0 Å². The highest BCUT2D eigenvalue weighted by Gasteiger charge is 2.40. The first kappa shape index (κ1) is 9.78. The third-order valence-corrected chi connectivity index (χ3v) is 4.44. The highest BCUT2D eigenvalue weighted by atomic mass is 79.9. The second-order valence-electron chi connectivity index (χ2n) is 4.20. The molecule has 1 saturated heterocycles. The molecule has 2 fully saturated rings. The van der Waals surface area contributed by atoms with E-state index in [0.717, 1.165) is 16.2 Å². The molecule has 1 amide bonds. The van der Waals surface area contributed by atoms with Crippen molar-refractivity contribution in [3.05, 3.63) is 15.0 Å². The molecule has 0 bridgehead atoms. The second kappa shape index (κ2) is 3.56. The molecule has 0 radical (unpaired) electrons. The van der Waals surface area contributed by atoms with E-state index in [1.165, 1.54) is 12.8 Å². The van der Waals surface area contributed by atoms with E-state index in [1.54, 1.807) is 11.3 Å². The SMILES string of the molecule is O=C1C[C@@H](c2csc(Br)n2)CN1C1CC1. The average Bonchev–Trinajstić information content (AvgIpc) is 2.84. The van der Waals surface area contributed by atoms with Crippen molar-refractivity contribution in [2.24, 2.45) is 0 Å². The topological polar surface area (TPSA) is 33.2 Å². The average molecular weight is 287 g/mol. The molecule has 0 N–H and O–H groups in total. The Hall–Kier alpha value is -0.420. The van der Waals surface area contributed by atoms with Gasteiger partial charge in [-0.05, 0) is 28.8 Å². The number of thiazole rings is 1. The minimum Gasteiger partial charge on any atom is -0.339 e. The third-order valence-electron chi connectivity index (χ3n) is 3.06. The molecule has 1 aliphatic carbocycles. The molecule has 1 saturated carbocycles. The predicted octanol–water partition coefficient (Wildman–Crippen LogP) is 2.38. The standard InChI is InChI=1S/C10H11BrN2OS/c11-10-12-8(5-15-10)6-3-9(14)13(4-6)7-1-2-7/h5-7H,1-4H2/t6-/m1/s1. The molecule has 0 spiro atoms. The van der Waals surface area contributed by atoms with Gasteiger partial charge in [0.1, 0.15) is 0 Å². The van der Waals surface area contributed by atoms with E-state index in [0.29, 0.717) is 24.3 Å². The molecular formula is C10H11BrN2OS. The van der Waals surface area contributed by atoms with Gasteiger partial charge in [0, 0.05) is 30.3 Å². The zero-order valence-corrected chi connectivity index (χ0v) is 10.6. The summed E-state index contributed by atoms with van der Waals surface area (Å²) in [4.78, 5) is 18.2. The lowest BCUT2D eigenvalue weighted by Crippen LogP contribution is -2.27. The molecule has 1 aliphatic heterocycles. The predicted molar refractivity (Wildman–Crippen MR) is 61.9 cm³/mol. The highest BCUT2D eigenvalue weighted by molar-refractivity contribution is 9.11. The van der Waals surface area contributed by atoms with Crippen molar-refractivity contribution in [1.82, 2.24) is 9.88 Å². The van der Waals surface area contributed by atoms with Gasteiger partial charge in [0.05, 0.1) is 5.69 Å². The van der Waals surface area contributed by atoms with E-state index in [9.17, 15) is 4.79 Å². The van der Waals surface area contributed by atoms with Gasteiger partial charge in [-0.3, -0.25) is 4.79 Å². The maximum Gasteiger partial charge on any atom is 0.223 e. The Kier molecular flexibility index (Phi) is 2.32. The van der Waals surface area contributed by atoms with Crippen LogP contribution in [0.5, 0.6) is 0 Å². The molecule has 15 heavy (non-hydrogen) atoms. The van der Waals surface area contributed by atoms with Gasteiger partial charge < -0.3 is 4.90 Å². The minimum atomic E-state index is 0.312. The summed E-state index contributed by atoms with van der Waals surface area (Å²) in [5.41, 5.74) is 1.07. The number of carbonyl (C=O) groups is 1. The molecule has 3 nitrogen and oxygen atoms in total. The molecular weight excluding hydrogens is 276 g/mol. The summed E-state index contributed by atoms with van der Waals surface area (Å²) in [6, 6.07) is 0.546. The fourth-order valence-electron chi connectivity index (χ4n) is 2.12. The van der Waals surface area contributed by atoms with Crippen LogP contribution in [0.25, 0.3) is 0 Å². The number of likely N-dealkylation sites (tertiary alicyclic amines) is 1. The molecule has 80 valence electrons. The zero-order valence-electron chi connectivity index (χ0n) is 8.15. The maximum atomic E-state index is 11.7. The fraction of sp³-hybridized carbons (Fsp3) is 0.600. The van der Waals surface area contributed by atoms with Crippen molar-refractivity contribution < 1.29 is 4.79 Å². The van der Waals surface area contributed by atoms with Crippen LogP contribution < -0.4 is 0 Å². The number of halogens is 1. The monoisotopic (exact) mass is 286 g/mol. The van der Waals surface area contributed by atoms with Crippen molar-refractivity contribution >= 4 is 33.2 Å². The third kappa shape index (κ3) is 1.83. The molecule has 1 atom stereocenters. The van der Waals surface area contributed by atoms with Crippen molar-refractivity contribution in [2.45, 2.75) is 31.2 Å². The number of hydrogen-bond donors (Lipinski definition) is 0. The number of hydrogen-bond acceptors (Lipinski definition) is 3. The van der Waals surface area contributed by atoms with Crippen LogP contribution in [0.2, 0.25) is 0 Å². The minimum absolute atomic E-state index is 0.312. The van der Waals surface area contributed by atoms with Gasteiger partial charge in [0.25, 0.3) is 0 Å². The second-order valence-corrected chi connectivity index (χ2v) is 6.34. The van der Waals surface area contributed by atoms with Gasteiger partial charge >= 0.3 is 0 Å². The van der Waals surface area contributed by atoms with Crippen molar-refractivity contribution in [3.8, 4) is 0 Å². The smallest absolute Gasteiger partial charge is 0.223 e. The zero-order chi connectivity index (χ0) is 10.4. The van der Waals surface area contributed by atoms with Gasteiger partial charge in [-0.25, -0.2) is 4.98 Å². The number of nitrogens with zero attached hydrogens (tertiary/aromatic N) is 2. The summed E-state index contributed by atoms with van der Waals surface area (Å²) in [5, 5.41) is 2.05. The van der Waals surface area contributed by atoms with Gasteiger partial charge in [0.2, 0.25) is 5.91 Å². The molecule has 0 aromatic carbocycles. The first-order valence-corrected chi connectivity index (χ1v) is 6.81. The molecule has 1 aromatic rings. The maximum absolute atomic E-state index is 11.7. The van der Waals surface area contributed by atoms with Crippen LogP contribution in [-0.2, 0) is 4.79 Å².